The number of hydrogen-bond acceptors (Lipinski definition) is 8. The van der Waals surface area contributed by atoms with Gasteiger partial charge in [0, 0.05) is 46.5 Å². The molecule has 0 spiro atoms. The fourth-order valence-electron chi connectivity index (χ4n) is 2.71. The summed E-state index contributed by atoms with van der Waals surface area (Å²) in [5.74, 6) is 9.05. The molecule has 2 aliphatic rings. The Kier molecular flexibility index (Phi) is 15.4. The van der Waals surface area contributed by atoms with Crippen LogP contribution in [0, 0.1) is 23.7 Å². The molecule has 0 aromatic heterocycles. The number of ketones is 2. The summed E-state index contributed by atoms with van der Waals surface area (Å²) < 4.78 is 0. The normalized spacial score (nSPS) is 21.4. The van der Waals surface area contributed by atoms with E-state index in [1.807, 2.05) is 13.8 Å². The summed E-state index contributed by atoms with van der Waals surface area (Å²) in [6.45, 7) is 23.5. The first-order chi connectivity index (χ1) is 14.7. The van der Waals surface area contributed by atoms with Gasteiger partial charge in [-0.3, -0.25) is 21.3 Å². The molecule has 4 atom stereocenters. The number of carbonyl (C=O) groups is 2. The van der Waals surface area contributed by atoms with Gasteiger partial charge in [-0.05, 0) is 66.5 Å². The molecule has 2 rings (SSSR count). The van der Waals surface area contributed by atoms with E-state index in [0.29, 0.717) is 11.8 Å². The van der Waals surface area contributed by atoms with Gasteiger partial charge in [-0.15, -0.1) is 0 Å². The van der Waals surface area contributed by atoms with Crippen LogP contribution in [0.2, 0.25) is 0 Å². The van der Waals surface area contributed by atoms with Gasteiger partial charge in [0.1, 0.15) is 11.6 Å². The van der Waals surface area contributed by atoms with Gasteiger partial charge in [0.05, 0.1) is 0 Å². The second-order valence-electron chi connectivity index (χ2n) is 8.61. The summed E-state index contributed by atoms with van der Waals surface area (Å²) >= 11 is 0. The van der Waals surface area contributed by atoms with Crippen molar-refractivity contribution in [2.45, 2.75) is 83.1 Å². The average Bonchev–Trinajstić information content (AvgIpc) is 2.77. The van der Waals surface area contributed by atoms with E-state index in [1.165, 1.54) is 36.4 Å². The SMILES string of the molecule is CC(=O)C(C)C(C)C(C)=O.CC1=C(C)C(C)=C(C)NN1.CC1=NN=C(C)C(C)C1C.NN. The van der Waals surface area contributed by atoms with Crippen LogP contribution in [0.5, 0.6) is 0 Å². The second kappa shape index (κ2) is 15.5. The molecule has 0 aliphatic carbocycles. The molecular weight excluding hydrogens is 404 g/mol. The van der Waals surface area contributed by atoms with Crippen molar-refractivity contribution >= 4 is 23.0 Å². The van der Waals surface area contributed by atoms with Crippen molar-refractivity contribution < 1.29 is 9.59 Å². The number of hydrazine groups is 2. The van der Waals surface area contributed by atoms with Crippen LogP contribution in [0.15, 0.2) is 32.7 Å². The highest BCUT2D eigenvalue weighted by atomic mass is 16.1. The lowest BCUT2D eigenvalue weighted by molar-refractivity contribution is -0.128. The molecule has 0 radical (unpaired) electrons. The number of nitrogens with two attached hydrogens (primary N) is 2. The minimum absolute atomic E-state index is 0.0858. The highest BCUT2D eigenvalue weighted by Gasteiger charge is 2.21. The van der Waals surface area contributed by atoms with Gasteiger partial charge in [-0.2, -0.15) is 10.2 Å². The van der Waals surface area contributed by atoms with Crippen LogP contribution in [0.1, 0.15) is 83.1 Å². The Morgan fingerprint density at radius 2 is 0.969 bits per heavy atom. The Morgan fingerprint density at radius 1 is 0.719 bits per heavy atom. The van der Waals surface area contributed by atoms with Gasteiger partial charge in [0.2, 0.25) is 0 Å². The predicted octanol–water partition coefficient (Wildman–Crippen LogP) is 4.05. The number of Topliss-reactive ketones (excluding diaryl/α,β-unsaturated/α-hetero) is 2. The van der Waals surface area contributed by atoms with Gasteiger partial charge in [0.15, 0.2) is 0 Å². The first-order valence-corrected chi connectivity index (χ1v) is 11.0. The highest BCUT2D eigenvalue weighted by molar-refractivity contribution is 5.95. The third-order valence-electron chi connectivity index (χ3n) is 6.59. The molecule has 32 heavy (non-hydrogen) atoms. The maximum absolute atomic E-state index is 10.7. The lowest BCUT2D eigenvalue weighted by atomic mass is 9.88. The van der Waals surface area contributed by atoms with Crippen LogP contribution in [-0.2, 0) is 9.59 Å². The average molecular weight is 451 g/mol. The minimum atomic E-state index is -0.127. The van der Waals surface area contributed by atoms with Crippen LogP contribution in [0.4, 0.5) is 0 Å². The van der Waals surface area contributed by atoms with E-state index in [-0.39, 0.29) is 23.4 Å². The molecule has 0 aromatic rings. The molecule has 2 heterocycles. The third kappa shape index (κ3) is 10.3. The number of nitrogens with one attached hydrogen (secondary N) is 2. The zero-order valence-electron chi connectivity index (χ0n) is 22.2. The molecule has 2 aliphatic heterocycles. The van der Waals surface area contributed by atoms with Crippen LogP contribution in [-0.4, -0.2) is 23.0 Å². The topological polar surface area (TPSA) is 135 Å². The zero-order chi connectivity index (χ0) is 25.8. The number of carbonyl (C=O) groups excluding carboxylic acids is 2. The highest BCUT2D eigenvalue weighted by Crippen LogP contribution is 2.19. The summed E-state index contributed by atoms with van der Waals surface area (Å²) in [4.78, 5) is 21.5. The molecular formula is C24H46N6O2. The molecule has 184 valence electrons. The molecule has 8 heteroatoms. The molecule has 8 nitrogen and oxygen atoms in total. The lowest BCUT2D eigenvalue weighted by Crippen LogP contribution is -2.33. The standard InChI is InChI=1S/2C8H14N2.C8H14O2.H4N2/c2*1-5-6(2)8(4)10-9-7(5)3;1-5(7(3)9)6(2)8(4)10;1-2/h9-10H,1-4H3;2*5-6H,1-4H3;1-2H2. The minimum Gasteiger partial charge on any atom is -0.305 e. The molecule has 0 saturated carbocycles. The van der Waals surface area contributed by atoms with Gasteiger partial charge in [-0.1, -0.05) is 27.7 Å². The Balaban J connectivity index is 0. The second-order valence-corrected chi connectivity index (χ2v) is 8.61. The first-order valence-electron chi connectivity index (χ1n) is 11.0. The van der Waals surface area contributed by atoms with Crippen molar-refractivity contribution in [3.63, 3.8) is 0 Å². The number of rotatable bonds is 3. The van der Waals surface area contributed by atoms with E-state index in [2.05, 4.69) is 74.3 Å². The molecule has 6 N–H and O–H groups in total. The largest absolute Gasteiger partial charge is 0.305 e. The Morgan fingerprint density at radius 3 is 1.19 bits per heavy atom. The van der Waals surface area contributed by atoms with Crippen molar-refractivity contribution in [3.8, 4) is 0 Å². The summed E-state index contributed by atoms with van der Waals surface area (Å²) in [7, 11) is 0. The summed E-state index contributed by atoms with van der Waals surface area (Å²) in [5, 5.41) is 8.09. The molecule has 0 bridgehead atoms. The van der Waals surface area contributed by atoms with Crippen molar-refractivity contribution in [2.24, 2.45) is 45.6 Å². The Labute approximate surface area is 195 Å². The van der Waals surface area contributed by atoms with Crippen LogP contribution in [0.3, 0.4) is 0 Å². The van der Waals surface area contributed by atoms with Crippen molar-refractivity contribution in [2.75, 3.05) is 0 Å². The van der Waals surface area contributed by atoms with E-state index < -0.39 is 0 Å². The zero-order valence-corrected chi connectivity index (χ0v) is 22.2. The van der Waals surface area contributed by atoms with Crippen LogP contribution >= 0.6 is 0 Å². The summed E-state index contributed by atoms with van der Waals surface area (Å²) in [5.41, 5.74) is 13.6. The first kappa shape index (κ1) is 31.9. The van der Waals surface area contributed by atoms with E-state index >= 15 is 0 Å². The van der Waals surface area contributed by atoms with Crippen LogP contribution < -0.4 is 22.5 Å². The fraction of sp³-hybridized carbons (Fsp3) is 0.667. The van der Waals surface area contributed by atoms with E-state index in [9.17, 15) is 9.59 Å². The van der Waals surface area contributed by atoms with E-state index in [1.54, 1.807) is 13.8 Å². The van der Waals surface area contributed by atoms with Gasteiger partial charge < -0.3 is 10.9 Å². The monoisotopic (exact) mass is 450 g/mol. The molecule has 0 fully saturated rings. The van der Waals surface area contributed by atoms with Gasteiger partial charge >= 0.3 is 0 Å². The lowest BCUT2D eigenvalue weighted by Gasteiger charge is -2.21. The maximum Gasteiger partial charge on any atom is 0.133 e. The summed E-state index contributed by atoms with van der Waals surface area (Å²) in [6.07, 6.45) is 0. The van der Waals surface area contributed by atoms with Crippen molar-refractivity contribution in [1.82, 2.24) is 10.9 Å². The van der Waals surface area contributed by atoms with E-state index in [4.69, 9.17) is 0 Å². The number of nitrogens with zero attached hydrogens (tertiary/aromatic N) is 2. The van der Waals surface area contributed by atoms with Crippen molar-refractivity contribution in [3.05, 3.63) is 22.5 Å². The van der Waals surface area contributed by atoms with Crippen molar-refractivity contribution in [1.29, 1.82) is 0 Å². The quantitative estimate of drug-likeness (QED) is 0.378. The Hall–Kier alpha value is -2.32. The molecule has 0 amide bonds. The van der Waals surface area contributed by atoms with Gasteiger partial charge in [0.25, 0.3) is 0 Å². The van der Waals surface area contributed by atoms with Crippen LogP contribution in [0.25, 0.3) is 0 Å². The van der Waals surface area contributed by atoms with E-state index in [0.717, 1.165) is 11.4 Å². The third-order valence-corrected chi connectivity index (χ3v) is 6.59. The molecule has 0 saturated heterocycles. The fourth-order valence-corrected chi connectivity index (χ4v) is 2.71. The predicted molar refractivity (Wildman–Crippen MR) is 136 cm³/mol. The number of allylic oxidation sites excluding steroid dienone is 4. The number of hydrogen-bond donors (Lipinski definition) is 4. The Bertz CT molecular complexity index is 696. The smallest absolute Gasteiger partial charge is 0.133 e. The molecule has 0 aromatic carbocycles. The summed E-state index contributed by atoms with van der Waals surface area (Å²) in [6, 6.07) is 0. The maximum atomic E-state index is 10.7. The van der Waals surface area contributed by atoms with Gasteiger partial charge in [-0.25, -0.2) is 0 Å². The molecule has 4 unspecified atom stereocenters.